The summed E-state index contributed by atoms with van der Waals surface area (Å²) >= 11 is 1.40. The normalized spacial score (nSPS) is 12.1. The maximum absolute atomic E-state index is 12.0. The van der Waals surface area contributed by atoms with Crippen LogP contribution >= 0.6 is 11.3 Å². The van der Waals surface area contributed by atoms with Gasteiger partial charge in [0.05, 0.1) is 12.1 Å². The first-order valence-corrected chi connectivity index (χ1v) is 12.5. The lowest BCUT2D eigenvalue weighted by atomic mass is 10.2. The summed E-state index contributed by atoms with van der Waals surface area (Å²) in [5.74, 6) is 0.648. The molecular formula is C16H26N2O3SSi. The Morgan fingerprint density at radius 1 is 1.30 bits per heavy atom. The molecule has 0 amide bonds. The molecule has 5 nitrogen and oxygen atoms in total. The highest BCUT2D eigenvalue weighted by atomic mass is 32.1. The minimum atomic E-state index is -1.09. The van der Waals surface area contributed by atoms with Crippen LogP contribution in [0.15, 0.2) is 0 Å². The van der Waals surface area contributed by atoms with Gasteiger partial charge < -0.3 is 14.0 Å². The second-order valence-corrected chi connectivity index (χ2v) is 13.5. The number of thiophene rings is 1. The number of aryl methyl sites for hydroxylation is 2. The maximum Gasteiger partial charge on any atom is 0.348 e. The molecule has 0 bridgehead atoms. The third-order valence-corrected chi connectivity index (χ3v) is 6.56. The Bertz CT molecular complexity index is 700. The van der Waals surface area contributed by atoms with E-state index < -0.39 is 8.07 Å². The van der Waals surface area contributed by atoms with Crippen LogP contribution in [0.5, 0.6) is 0 Å². The Balaban J connectivity index is 2.19. The topological polar surface area (TPSA) is 53.3 Å². The Hall–Kier alpha value is -1.18. The zero-order chi connectivity index (χ0) is 17.2. The van der Waals surface area contributed by atoms with Gasteiger partial charge in [0, 0.05) is 20.2 Å². The third kappa shape index (κ3) is 4.22. The SMILES string of the molecule is CCOC(=O)c1sc2nc(C)n(COCC[Si](C)(C)C)c2c1C. The van der Waals surface area contributed by atoms with Crippen molar-refractivity contribution in [3.8, 4) is 0 Å². The Labute approximate surface area is 142 Å². The fourth-order valence-corrected chi connectivity index (χ4v) is 4.22. The van der Waals surface area contributed by atoms with Crippen LogP contribution < -0.4 is 0 Å². The van der Waals surface area contributed by atoms with Crippen LogP contribution in [0.2, 0.25) is 25.7 Å². The molecule has 0 radical (unpaired) electrons. The van der Waals surface area contributed by atoms with Gasteiger partial charge in [-0.1, -0.05) is 19.6 Å². The minimum Gasteiger partial charge on any atom is -0.462 e. The van der Waals surface area contributed by atoms with E-state index in [4.69, 9.17) is 9.47 Å². The summed E-state index contributed by atoms with van der Waals surface area (Å²) in [5.41, 5.74) is 1.92. The second kappa shape index (κ2) is 7.15. The van der Waals surface area contributed by atoms with Gasteiger partial charge >= 0.3 is 5.97 Å². The van der Waals surface area contributed by atoms with Gasteiger partial charge in [0.25, 0.3) is 0 Å². The number of aromatic nitrogens is 2. The summed E-state index contributed by atoms with van der Waals surface area (Å²) in [7, 11) is -1.09. The zero-order valence-corrected chi connectivity index (χ0v) is 16.7. The van der Waals surface area contributed by atoms with Crippen LogP contribution in [0.4, 0.5) is 0 Å². The molecule has 128 valence electrons. The molecule has 0 fully saturated rings. The van der Waals surface area contributed by atoms with E-state index in [-0.39, 0.29) is 5.97 Å². The molecular weight excluding hydrogens is 328 g/mol. The van der Waals surface area contributed by atoms with Crippen molar-refractivity contribution in [1.82, 2.24) is 9.55 Å². The molecule has 2 heterocycles. The molecule has 2 aromatic heterocycles. The van der Waals surface area contributed by atoms with Crippen molar-refractivity contribution in [2.45, 2.75) is 53.2 Å². The number of carbonyl (C=O) groups excluding carboxylic acids is 1. The lowest BCUT2D eigenvalue weighted by Crippen LogP contribution is -2.22. The fourth-order valence-electron chi connectivity index (χ4n) is 2.34. The monoisotopic (exact) mass is 354 g/mol. The predicted molar refractivity (Wildman–Crippen MR) is 97.1 cm³/mol. The number of fused-ring (bicyclic) bond motifs is 1. The van der Waals surface area contributed by atoms with Gasteiger partial charge in [0.15, 0.2) is 0 Å². The highest BCUT2D eigenvalue weighted by molar-refractivity contribution is 7.20. The standard InChI is InChI=1S/C16H26N2O3SSi/c1-7-21-16(19)14-11(2)13-15(22-14)17-12(3)18(13)10-20-8-9-23(4,5)6/h7-10H2,1-6H3. The summed E-state index contributed by atoms with van der Waals surface area (Å²) in [6.45, 7) is 14.4. The summed E-state index contributed by atoms with van der Waals surface area (Å²) in [5, 5.41) is 0. The van der Waals surface area contributed by atoms with Gasteiger partial charge in [-0.05, 0) is 26.8 Å². The number of ether oxygens (including phenoxy) is 2. The molecule has 0 aromatic carbocycles. The van der Waals surface area contributed by atoms with Gasteiger partial charge in [-0.25, -0.2) is 9.78 Å². The van der Waals surface area contributed by atoms with E-state index in [0.29, 0.717) is 18.2 Å². The number of imidazole rings is 1. The molecule has 7 heteroatoms. The van der Waals surface area contributed by atoms with E-state index in [1.54, 1.807) is 0 Å². The molecule has 0 aliphatic rings. The highest BCUT2D eigenvalue weighted by Crippen LogP contribution is 2.31. The van der Waals surface area contributed by atoms with Gasteiger partial charge in [0.1, 0.15) is 22.3 Å². The van der Waals surface area contributed by atoms with Crippen LogP contribution in [0, 0.1) is 13.8 Å². The maximum atomic E-state index is 12.0. The lowest BCUT2D eigenvalue weighted by Gasteiger charge is -2.16. The summed E-state index contributed by atoms with van der Waals surface area (Å²) in [6.07, 6.45) is 0. The number of esters is 1. The van der Waals surface area contributed by atoms with Crippen molar-refractivity contribution in [2.24, 2.45) is 0 Å². The predicted octanol–water partition coefficient (Wildman–Crippen LogP) is 4.20. The molecule has 0 saturated carbocycles. The summed E-state index contributed by atoms with van der Waals surface area (Å²) in [4.78, 5) is 18.1. The molecule has 23 heavy (non-hydrogen) atoms. The number of nitrogens with zero attached hydrogens (tertiary/aromatic N) is 2. The Kier molecular flexibility index (Phi) is 5.64. The first-order valence-electron chi connectivity index (χ1n) is 7.95. The van der Waals surface area contributed by atoms with Crippen molar-refractivity contribution < 1.29 is 14.3 Å². The number of hydrogen-bond donors (Lipinski definition) is 0. The molecule has 0 spiro atoms. The molecule has 0 atom stereocenters. The van der Waals surface area contributed by atoms with Gasteiger partial charge in [-0.2, -0.15) is 0 Å². The number of rotatable bonds is 7. The smallest absolute Gasteiger partial charge is 0.348 e. The molecule has 0 saturated heterocycles. The largest absolute Gasteiger partial charge is 0.462 e. The van der Waals surface area contributed by atoms with Crippen molar-refractivity contribution in [2.75, 3.05) is 13.2 Å². The molecule has 2 aromatic rings. The molecule has 0 N–H and O–H groups in total. The Morgan fingerprint density at radius 3 is 2.61 bits per heavy atom. The molecule has 0 unspecified atom stereocenters. The summed E-state index contributed by atoms with van der Waals surface area (Å²) in [6, 6.07) is 1.14. The molecule has 0 aliphatic carbocycles. The van der Waals surface area contributed by atoms with Crippen LogP contribution in [-0.4, -0.2) is 36.8 Å². The average Bonchev–Trinajstić information content (AvgIpc) is 2.91. The van der Waals surface area contributed by atoms with Gasteiger partial charge in [-0.15, -0.1) is 11.3 Å². The van der Waals surface area contributed by atoms with Crippen LogP contribution in [0.25, 0.3) is 10.3 Å². The van der Waals surface area contributed by atoms with E-state index >= 15 is 0 Å². The first kappa shape index (κ1) is 18.2. The van der Waals surface area contributed by atoms with Crippen molar-refractivity contribution >= 4 is 35.7 Å². The zero-order valence-electron chi connectivity index (χ0n) is 14.9. The van der Waals surface area contributed by atoms with Gasteiger partial charge in [-0.3, -0.25) is 0 Å². The van der Waals surface area contributed by atoms with E-state index in [0.717, 1.165) is 34.4 Å². The average molecular weight is 355 g/mol. The van der Waals surface area contributed by atoms with Crippen LogP contribution in [-0.2, 0) is 16.2 Å². The van der Waals surface area contributed by atoms with E-state index in [1.807, 2.05) is 25.3 Å². The van der Waals surface area contributed by atoms with Crippen molar-refractivity contribution in [3.05, 3.63) is 16.3 Å². The third-order valence-electron chi connectivity index (χ3n) is 3.70. The number of carbonyl (C=O) groups is 1. The highest BCUT2D eigenvalue weighted by Gasteiger charge is 2.21. The Morgan fingerprint density at radius 2 is 2.00 bits per heavy atom. The van der Waals surface area contributed by atoms with E-state index in [2.05, 4.69) is 24.6 Å². The van der Waals surface area contributed by atoms with Crippen LogP contribution in [0.1, 0.15) is 28.0 Å². The fraction of sp³-hybridized carbons (Fsp3) is 0.625. The summed E-state index contributed by atoms with van der Waals surface area (Å²) < 4.78 is 13.0. The second-order valence-electron chi connectivity index (χ2n) is 6.87. The quantitative estimate of drug-likeness (QED) is 0.425. The van der Waals surface area contributed by atoms with Gasteiger partial charge in [0.2, 0.25) is 0 Å². The number of hydrogen-bond acceptors (Lipinski definition) is 5. The van der Waals surface area contributed by atoms with Crippen molar-refractivity contribution in [1.29, 1.82) is 0 Å². The van der Waals surface area contributed by atoms with E-state index in [1.165, 1.54) is 11.3 Å². The van der Waals surface area contributed by atoms with Crippen molar-refractivity contribution in [3.63, 3.8) is 0 Å². The van der Waals surface area contributed by atoms with E-state index in [9.17, 15) is 4.79 Å². The molecule has 2 rings (SSSR count). The van der Waals surface area contributed by atoms with Crippen LogP contribution in [0.3, 0.4) is 0 Å². The lowest BCUT2D eigenvalue weighted by molar-refractivity contribution is 0.0531. The molecule has 0 aliphatic heterocycles. The first-order chi connectivity index (χ1) is 10.7. The minimum absolute atomic E-state index is 0.267.